The zero-order valence-corrected chi connectivity index (χ0v) is 11.5. The van der Waals surface area contributed by atoms with Gasteiger partial charge < -0.3 is 19.7 Å². The summed E-state index contributed by atoms with van der Waals surface area (Å²) in [4.78, 5) is 13.7. The van der Waals surface area contributed by atoms with E-state index in [-0.39, 0.29) is 12.0 Å². The van der Waals surface area contributed by atoms with Crippen molar-refractivity contribution in [2.45, 2.75) is 26.8 Å². The van der Waals surface area contributed by atoms with Gasteiger partial charge in [-0.05, 0) is 27.4 Å². The van der Waals surface area contributed by atoms with Crippen molar-refractivity contribution in [3.05, 3.63) is 0 Å². The molecule has 0 aromatic heterocycles. The van der Waals surface area contributed by atoms with Crippen molar-refractivity contribution in [2.75, 3.05) is 46.5 Å². The lowest BCUT2D eigenvalue weighted by Crippen LogP contribution is -2.46. The number of hydrogen-bond acceptors (Lipinski definition) is 5. The molecule has 0 radical (unpaired) electrons. The van der Waals surface area contributed by atoms with Gasteiger partial charge in [0.05, 0.1) is 13.2 Å². The SMILES string of the molecule is CCNC(CN(C)CCOCC)C(=O)OCC. The standard InChI is InChI=1S/C12H26N2O3/c1-5-13-11(12(15)17-7-3)10-14(4)8-9-16-6-2/h11,13H,5-10H2,1-4H3. The number of carbonyl (C=O) groups excluding carboxylic acids is 1. The minimum Gasteiger partial charge on any atom is -0.465 e. The predicted octanol–water partition coefficient (Wildman–Crippen LogP) is 0.496. The van der Waals surface area contributed by atoms with E-state index in [1.165, 1.54) is 0 Å². The lowest BCUT2D eigenvalue weighted by Gasteiger charge is -2.23. The van der Waals surface area contributed by atoms with Gasteiger partial charge >= 0.3 is 5.97 Å². The summed E-state index contributed by atoms with van der Waals surface area (Å²) < 4.78 is 10.3. The summed E-state index contributed by atoms with van der Waals surface area (Å²) in [7, 11) is 1.97. The lowest BCUT2D eigenvalue weighted by atomic mass is 10.2. The summed E-state index contributed by atoms with van der Waals surface area (Å²) in [5.41, 5.74) is 0. The van der Waals surface area contributed by atoms with Gasteiger partial charge in [0.2, 0.25) is 0 Å². The molecule has 5 nitrogen and oxygen atoms in total. The Morgan fingerprint density at radius 3 is 2.53 bits per heavy atom. The number of esters is 1. The smallest absolute Gasteiger partial charge is 0.324 e. The molecule has 1 N–H and O–H groups in total. The van der Waals surface area contributed by atoms with Gasteiger partial charge in [0.15, 0.2) is 0 Å². The van der Waals surface area contributed by atoms with Gasteiger partial charge in [0, 0.05) is 19.7 Å². The molecule has 1 unspecified atom stereocenters. The molecule has 0 spiro atoms. The average Bonchev–Trinajstić information content (AvgIpc) is 2.29. The first-order chi connectivity index (χ1) is 8.15. The maximum absolute atomic E-state index is 11.7. The van der Waals surface area contributed by atoms with Gasteiger partial charge in [0.1, 0.15) is 6.04 Å². The molecule has 0 aliphatic rings. The molecule has 0 saturated carbocycles. The summed E-state index contributed by atoms with van der Waals surface area (Å²) in [5, 5.41) is 3.13. The molecule has 17 heavy (non-hydrogen) atoms. The van der Waals surface area contributed by atoms with Crippen LogP contribution in [0, 0.1) is 0 Å². The van der Waals surface area contributed by atoms with Crippen molar-refractivity contribution >= 4 is 5.97 Å². The Bertz CT molecular complexity index is 200. The molecule has 0 aromatic rings. The second-order valence-corrected chi connectivity index (χ2v) is 3.82. The lowest BCUT2D eigenvalue weighted by molar-refractivity contribution is -0.146. The number of rotatable bonds is 10. The van der Waals surface area contributed by atoms with Crippen molar-refractivity contribution < 1.29 is 14.3 Å². The highest BCUT2D eigenvalue weighted by atomic mass is 16.5. The van der Waals surface area contributed by atoms with E-state index in [4.69, 9.17) is 9.47 Å². The van der Waals surface area contributed by atoms with Crippen molar-refractivity contribution in [1.29, 1.82) is 0 Å². The Balaban J connectivity index is 4.00. The zero-order chi connectivity index (χ0) is 13.1. The van der Waals surface area contributed by atoms with Crippen LogP contribution in [0.15, 0.2) is 0 Å². The second-order valence-electron chi connectivity index (χ2n) is 3.82. The van der Waals surface area contributed by atoms with Gasteiger partial charge in [-0.25, -0.2) is 0 Å². The summed E-state index contributed by atoms with van der Waals surface area (Å²) >= 11 is 0. The van der Waals surface area contributed by atoms with E-state index in [2.05, 4.69) is 10.2 Å². The first-order valence-electron chi connectivity index (χ1n) is 6.31. The first-order valence-corrected chi connectivity index (χ1v) is 6.31. The molecule has 0 rings (SSSR count). The Labute approximate surface area is 104 Å². The van der Waals surface area contributed by atoms with Crippen LogP contribution in [0.5, 0.6) is 0 Å². The van der Waals surface area contributed by atoms with Crippen LogP contribution < -0.4 is 5.32 Å². The van der Waals surface area contributed by atoms with Crippen LogP contribution in [-0.2, 0) is 14.3 Å². The van der Waals surface area contributed by atoms with Gasteiger partial charge in [-0.3, -0.25) is 4.79 Å². The molecule has 5 heteroatoms. The summed E-state index contributed by atoms with van der Waals surface area (Å²) in [5.74, 6) is -0.183. The van der Waals surface area contributed by atoms with Gasteiger partial charge in [-0.1, -0.05) is 6.92 Å². The fourth-order valence-corrected chi connectivity index (χ4v) is 1.48. The Hall–Kier alpha value is -0.650. The maximum Gasteiger partial charge on any atom is 0.324 e. The molecule has 102 valence electrons. The van der Waals surface area contributed by atoms with Crippen LogP contribution in [0.3, 0.4) is 0 Å². The Morgan fingerprint density at radius 2 is 2.00 bits per heavy atom. The number of likely N-dealkylation sites (N-methyl/N-ethyl adjacent to an activating group) is 2. The quantitative estimate of drug-likeness (QED) is 0.449. The molecule has 0 bridgehead atoms. The zero-order valence-electron chi connectivity index (χ0n) is 11.5. The highest BCUT2D eigenvalue weighted by Crippen LogP contribution is 1.94. The van der Waals surface area contributed by atoms with Gasteiger partial charge in [-0.2, -0.15) is 0 Å². The van der Waals surface area contributed by atoms with Gasteiger partial charge in [-0.15, -0.1) is 0 Å². The average molecular weight is 246 g/mol. The van der Waals surface area contributed by atoms with E-state index in [0.717, 1.165) is 19.7 Å². The van der Waals surface area contributed by atoms with E-state index in [9.17, 15) is 4.79 Å². The predicted molar refractivity (Wildman–Crippen MR) is 68.1 cm³/mol. The minimum absolute atomic E-state index is 0.183. The van der Waals surface area contributed by atoms with Crippen LogP contribution in [0.2, 0.25) is 0 Å². The molecule has 0 saturated heterocycles. The van der Waals surface area contributed by atoms with Crippen molar-refractivity contribution in [3.63, 3.8) is 0 Å². The normalized spacial score (nSPS) is 12.8. The van der Waals surface area contributed by atoms with Crippen molar-refractivity contribution in [3.8, 4) is 0 Å². The molecule has 0 aliphatic heterocycles. The highest BCUT2D eigenvalue weighted by Gasteiger charge is 2.19. The number of carbonyl (C=O) groups is 1. The van der Waals surface area contributed by atoms with E-state index in [0.29, 0.717) is 19.8 Å². The molecular formula is C12H26N2O3. The first kappa shape index (κ1) is 16.4. The van der Waals surface area contributed by atoms with E-state index in [1.807, 2.05) is 27.8 Å². The molecule has 0 aliphatic carbocycles. The van der Waals surface area contributed by atoms with E-state index < -0.39 is 0 Å². The maximum atomic E-state index is 11.7. The third-order valence-electron chi connectivity index (χ3n) is 2.34. The Morgan fingerprint density at radius 1 is 1.29 bits per heavy atom. The number of nitrogens with zero attached hydrogens (tertiary/aromatic N) is 1. The topological polar surface area (TPSA) is 50.8 Å². The molecular weight excluding hydrogens is 220 g/mol. The van der Waals surface area contributed by atoms with E-state index >= 15 is 0 Å². The summed E-state index contributed by atoms with van der Waals surface area (Å²) in [6, 6.07) is -0.258. The molecule has 0 heterocycles. The van der Waals surface area contributed by atoms with Crippen molar-refractivity contribution in [2.24, 2.45) is 0 Å². The highest BCUT2D eigenvalue weighted by molar-refractivity contribution is 5.76. The van der Waals surface area contributed by atoms with Crippen LogP contribution in [0.25, 0.3) is 0 Å². The Kier molecular flexibility index (Phi) is 10.1. The van der Waals surface area contributed by atoms with Crippen LogP contribution in [0.4, 0.5) is 0 Å². The van der Waals surface area contributed by atoms with Crippen LogP contribution in [0.1, 0.15) is 20.8 Å². The molecule has 0 amide bonds. The van der Waals surface area contributed by atoms with Crippen molar-refractivity contribution in [1.82, 2.24) is 10.2 Å². The number of nitrogens with one attached hydrogen (secondary N) is 1. The largest absolute Gasteiger partial charge is 0.465 e. The number of ether oxygens (including phenoxy) is 2. The van der Waals surface area contributed by atoms with Gasteiger partial charge in [0.25, 0.3) is 0 Å². The monoisotopic (exact) mass is 246 g/mol. The van der Waals surface area contributed by atoms with Crippen LogP contribution in [-0.4, -0.2) is 63.4 Å². The fourth-order valence-electron chi connectivity index (χ4n) is 1.48. The third kappa shape index (κ3) is 8.12. The molecule has 0 aromatic carbocycles. The summed E-state index contributed by atoms with van der Waals surface area (Å²) in [6.07, 6.45) is 0. The summed E-state index contributed by atoms with van der Waals surface area (Å²) in [6.45, 7) is 9.81. The minimum atomic E-state index is -0.258. The fraction of sp³-hybridized carbons (Fsp3) is 0.917. The molecule has 1 atom stereocenters. The van der Waals surface area contributed by atoms with Crippen LogP contribution >= 0.6 is 0 Å². The molecule has 0 fully saturated rings. The second kappa shape index (κ2) is 10.5. The number of hydrogen-bond donors (Lipinski definition) is 1. The van der Waals surface area contributed by atoms with E-state index in [1.54, 1.807) is 0 Å². The third-order valence-corrected chi connectivity index (χ3v) is 2.34.